The first-order valence-electron chi connectivity index (χ1n) is 8.44. The first-order valence-corrected chi connectivity index (χ1v) is 9.42. The van der Waals surface area contributed by atoms with Crippen LogP contribution in [0.5, 0.6) is 5.75 Å². The minimum Gasteiger partial charge on any atom is -0.511 e. The lowest BCUT2D eigenvalue weighted by atomic mass is 9.84. The molecule has 1 atom stereocenters. The third-order valence-corrected chi connectivity index (χ3v) is 5.12. The monoisotopic (exact) mass is 363 g/mol. The maximum Gasteiger partial charge on any atom is 0.168 e. The Morgan fingerprint density at radius 1 is 1.32 bits per heavy atom. The van der Waals surface area contributed by atoms with Gasteiger partial charge in [0.2, 0.25) is 0 Å². The molecule has 0 saturated heterocycles. The number of benzene rings is 1. The minimum absolute atomic E-state index is 0.0517. The number of aliphatic hydroxyl groups is 1. The maximum absolute atomic E-state index is 12.3. The number of thioether (sulfide) groups is 1. The van der Waals surface area contributed by atoms with Gasteiger partial charge in [0.05, 0.1) is 18.4 Å². The number of carbonyl (C=O) groups excluding carboxylic acids is 1. The van der Waals surface area contributed by atoms with Gasteiger partial charge in [0.15, 0.2) is 5.78 Å². The van der Waals surface area contributed by atoms with Crippen LogP contribution in [0.4, 0.5) is 0 Å². The molecule has 5 nitrogen and oxygen atoms in total. The van der Waals surface area contributed by atoms with Gasteiger partial charge in [0.1, 0.15) is 18.1 Å². The van der Waals surface area contributed by atoms with E-state index in [1.54, 1.807) is 25.8 Å². The number of rotatable bonds is 8. The zero-order valence-electron chi connectivity index (χ0n) is 14.9. The lowest BCUT2D eigenvalue weighted by molar-refractivity contribution is -0.116. The number of aliphatic hydroxyl groups excluding tert-OH is 1. The van der Waals surface area contributed by atoms with Crippen LogP contribution in [0.2, 0.25) is 0 Å². The van der Waals surface area contributed by atoms with Crippen molar-refractivity contribution in [3.8, 4) is 5.75 Å². The van der Waals surface area contributed by atoms with Crippen molar-refractivity contribution in [2.75, 3.05) is 19.5 Å². The Balaban J connectivity index is 1.88. The highest BCUT2D eigenvalue weighted by Crippen LogP contribution is 2.31. The summed E-state index contributed by atoms with van der Waals surface area (Å²) in [5, 5.41) is 14.1. The number of methoxy groups -OCH3 is 1. The molecule has 0 fully saturated rings. The maximum atomic E-state index is 12.3. The van der Waals surface area contributed by atoms with Crippen LogP contribution in [0.1, 0.15) is 33.1 Å². The third kappa shape index (κ3) is 5.53. The first kappa shape index (κ1) is 19.4. The standard InChI is InChI=1S/C19H25NO4S/c1-4-24-20-13(2)19-17(21)11-14(12-18(19)22)9-10-25-16-7-5-15(23-3)6-8-16/h5-8,14,21H,4,9-12H2,1-3H3. The predicted octanol–water partition coefficient (Wildman–Crippen LogP) is 4.38. The van der Waals surface area contributed by atoms with Crippen molar-refractivity contribution >= 4 is 23.3 Å². The minimum atomic E-state index is -0.0517. The molecule has 1 N–H and O–H groups in total. The molecule has 1 unspecified atom stereocenters. The highest BCUT2D eigenvalue weighted by molar-refractivity contribution is 7.99. The Labute approximate surface area is 153 Å². The van der Waals surface area contributed by atoms with Crippen LogP contribution in [0, 0.1) is 5.92 Å². The van der Waals surface area contributed by atoms with E-state index in [9.17, 15) is 9.90 Å². The number of nitrogens with zero attached hydrogens (tertiary/aromatic N) is 1. The summed E-state index contributed by atoms with van der Waals surface area (Å²) in [4.78, 5) is 18.5. The number of oxime groups is 1. The van der Waals surface area contributed by atoms with Crippen molar-refractivity contribution in [1.29, 1.82) is 0 Å². The van der Waals surface area contributed by atoms with Crippen LogP contribution in [-0.2, 0) is 9.63 Å². The lowest BCUT2D eigenvalue weighted by Gasteiger charge is -2.23. The number of carbonyl (C=O) groups is 1. The highest BCUT2D eigenvalue weighted by atomic mass is 32.2. The summed E-state index contributed by atoms with van der Waals surface area (Å²) in [5.41, 5.74) is 0.780. The predicted molar refractivity (Wildman–Crippen MR) is 100 cm³/mol. The van der Waals surface area contributed by atoms with Crippen molar-refractivity contribution in [3.05, 3.63) is 35.6 Å². The SMILES string of the molecule is CCON=C(C)C1=C(O)CC(CCSc2ccc(OC)cc2)CC1=O. The molecule has 1 aliphatic carbocycles. The Morgan fingerprint density at radius 2 is 2.04 bits per heavy atom. The Bertz CT molecular complexity index is 652. The number of allylic oxidation sites excluding steroid dienone is 2. The summed E-state index contributed by atoms with van der Waals surface area (Å²) in [6.45, 7) is 3.95. The van der Waals surface area contributed by atoms with Gasteiger partial charge in [-0.2, -0.15) is 0 Å². The average Bonchev–Trinajstić information content (AvgIpc) is 2.60. The van der Waals surface area contributed by atoms with Gasteiger partial charge < -0.3 is 14.7 Å². The third-order valence-electron chi connectivity index (χ3n) is 4.07. The molecule has 2 rings (SSSR count). The molecule has 6 heteroatoms. The van der Waals surface area contributed by atoms with Crippen LogP contribution in [0.3, 0.4) is 0 Å². The van der Waals surface area contributed by atoms with Gasteiger partial charge in [0.25, 0.3) is 0 Å². The zero-order chi connectivity index (χ0) is 18.2. The summed E-state index contributed by atoms with van der Waals surface area (Å²) in [6, 6.07) is 7.93. The second kappa shape index (κ2) is 9.51. The van der Waals surface area contributed by atoms with Crippen LogP contribution >= 0.6 is 11.8 Å². The smallest absolute Gasteiger partial charge is 0.168 e. The summed E-state index contributed by atoms with van der Waals surface area (Å²) >= 11 is 1.75. The molecule has 136 valence electrons. The normalized spacial score (nSPS) is 18.4. The second-order valence-corrected chi connectivity index (χ2v) is 7.09. The van der Waals surface area contributed by atoms with Gasteiger partial charge in [-0.15, -0.1) is 11.8 Å². The molecule has 0 spiro atoms. The van der Waals surface area contributed by atoms with Gasteiger partial charge in [-0.25, -0.2) is 0 Å². The van der Waals surface area contributed by atoms with Crippen molar-refractivity contribution in [2.24, 2.45) is 11.1 Å². The average molecular weight is 363 g/mol. The summed E-state index contributed by atoms with van der Waals surface area (Å²) in [7, 11) is 1.65. The molecule has 1 aliphatic rings. The second-order valence-electron chi connectivity index (χ2n) is 5.93. The van der Waals surface area contributed by atoms with Gasteiger partial charge in [-0.1, -0.05) is 5.16 Å². The number of hydrogen-bond acceptors (Lipinski definition) is 6. The molecule has 0 radical (unpaired) electrons. The van der Waals surface area contributed by atoms with Gasteiger partial charge >= 0.3 is 0 Å². The highest BCUT2D eigenvalue weighted by Gasteiger charge is 2.29. The van der Waals surface area contributed by atoms with Crippen molar-refractivity contribution < 1.29 is 19.5 Å². The van der Waals surface area contributed by atoms with Gasteiger partial charge in [-0.3, -0.25) is 4.79 Å². The molecular formula is C19H25NO4S. The molecule has 0 aliphatic heterocycles. The number of ketones is 1. The van der Waals surface area contributed by atoms with Crippen molar-refractivity contribution in [1.82, 2.24) is 0 Å². The Morgan fingerprint density at radius 3 is 2.64 bits per heavy atom. The summed E-state index contributed by atoms with van der Waals surface area (Å²) in [6.07, 6.45) is 1.84. The van der Waals surface area contributed by atoms with E-state index in [0.717, 1.165) is 17.9 Å². The molecule has 0 heterocycles. The van der Waals surface area contributed by atoms with E-state index >= 15 is 0 Å². The van der Waals surface area contributed by atoms with E-state index in [2.05, 4.69) is 5.16 Å². The fourth-order valence-corrected chi connectivity index (χ4v) is 3.83. The number of ether oxygens (including phenoxy) is 1. The first-order chi connectivity index (χ1) is 12.0. The molecule has 0 bridgehead atoms. The quantitative estimate of drug-likeness (QED) is 0.422. The van der Waals surface area contributed by atoms with Gasteiger partial charge in [0, 0.05) is 17.7 Å². The van der Waals surface area contributed by atoms with Gasteiger partial charge in [-0.05, 0) is 56.2 Å². The van der Waals surface area contributed by atoms with Crippen LogP contribution in [0.25, 0.3) is 0 Å². The van der Waals surface area contributed by atoms with E-state index in [0.29, 0.717) is 30.7 Å². The van der Waals surface area contributed by atoms with E-state index < -0.39 is 0 Å². The zero-order valence-corrected chi connectivity index (χ0v) is 15.8. The van der Waals surface area contributed by atoms with Crippen LogP contribution in [0.15, 0.2) is 45.6 Å². The summed E-state index contributed by atoms with van der Waals surface area (Å²) < 4.78 is 5.15. The lowest BCUT2D eigenvalue weighted by Crippen LogP contribution is -2.24. The van der Waals surface area contributed by atoms with E-state index in [1.165, 1.54) is 4.90 Å². The molecule has 0 amide bonds. The molecule has 1 aromatic carbocycles. The summed E-state index contributed by atoms with van der Waals surface area (Å²) in [5.74, 6) is 2.00. The van der Waals surface area contributed by atoms with E-state index in [-0.39, 0.29) is 17.5 Å². The van der Waals surface area contributed by atoms with Crippen LogP contribution in [-0.4, -0.2) is 36.1 Å². The number of hydrogen-bond donors (Lipinski definition) is 1. The largest absolute Gasteiger partial charge is 0.511 e. The van der Waals surface area contributed by atoms with Crippen molar-refractivity contribution in [3.63, 3.8) is 0 Å². The Kier molecular flexibility index (Phi) is 7.37. The Hall–Kier alpha value is -1.95. The van der Waals surface area contributed by atoms with E-state index in [4.69, 9.17) is 9.57 Å². The molecule has 0 saturated carbocycles. The number of Topliss-reactive ketones (excluding diaryl/α,β-unsaturated/α-hetero) is 1. The van der Waals surface area contributed by atoms with E-state index in [1.807, 2.05) is 31.2 Å². The molecule has 0 aromatic heterocycles. The van der Waals surface area contributed by atoms with Crippen LogP contribution < -0.4 is 4.74 Å². The fourth-order valence-electron chi connectivity index (χ4n) is 2.81. The molecule has 25 heavy (non-hydrogen) atoms. The fraction of sp³-hybridized carbons (Fsp3) is 0.474. The topological polar surface area (TPSA) is 68.1 Å². The van der Waals surface area contributed by atoms with Crippen molar-refractivity contribution in [2.45, 2.75) is 38.0 Å². The molecular weight excluding hydrogens is 338 g/mol. The molecule has 1 aromatic rings.